The van der Waals surface area contributed by atoms with Crippen LogP contribution in [-0.4, -0.2) is 26.5 Å². The molecule has 1 amide bonds. The number of aromatic nitrogens is 1. The van der Waals surface area contributed by atoms with E-state index in [4.69, 9.17) is 4.74 Å². The highest BCUT2D eigenvalue weighted by molar-refractivity contribution is 5.98. The van der Waals surface area contributed by atoms with Crippen LogP contribution >= 0.6 is 0 Å². The predicted molar refractivity (Wildman–Crippen MR) is 127 cm³/mol. The van der Waals surface area contributed by atoms with E-state index in [1.807, 2.05) is 41.2 Å². The molecule has 0 radical (unpaired) electrons. The Bertz CT molecular complexity index is 1410. The lowest BCUT2D eigenvalue weighted by molar-refractivity contribution is -0.394. The van der Waals surface area contributed by atoms with Crippen molar-refractivity contribution in [1.82, 2.24) is 9.99 Å². The molecule has 0 spiro atoms. The van der Waals surface area contributed by atoms with E-state index in [2.05, 4.69) is 10.5 Å². The molecule has 0 unspecified atom stereocenters. The number of hydrogen-bond donors (Lipinski definition) is 1. The minimum atomic E-state index is -0.750. The monoisotopic (exact) mass is 471 g/mol. The van der Waals surface area contributed by atoms with Gasteiger partial charge in [-0.3, -0.25) is 25.0 Å². The Hall–Kier alpha value is -5.32. The number of hydrogen-bond acceptors (Lipinski definition) is 7. The molecule has 4 aromatic rings. The van der Waals surface area contributed by atoms with Gasteiger partial charge in [-0.05, 0) is 60.2 Å². The second-order valence-corrected chi connectivity index (χ2v) is 7.14. The number of non-ortho nitro benzene ring substituents is 1. The molecule has 11 nitrogen and oxygen atoms in total. The van der Waals surface area contributed by atoms with Crippen molar-refractivity contribution in [2.75, 3.05) is 0 Å². The molecule has 0 aliphatic rings. The highest BCUT2D eigenvalue weighted by Gasteiger charge is 2.21. The summed E-state index contributed by atoms with van der Waals surface area (Å²) in [5, 5.41) is 26.1. The average Bonchev–Trinajstić information content (AvgIpc) is 3.40. The first-order valence-electron chi connectivity index (χ1n) is 10.2. The van der Waals surface area contributed by atoms with Crippen LogP contribution in [0, 0.1) is 20.2 Å². The summed E-state index contributed by atoms with van der Waals surface area (Å²) in [4.78, 5) is 33.3. The fourth-order valence-corrected chi connectivity index (χ4v) is 3.21. The van der Waals surface area contributed by atoms with Crippen LogP contribution in [0.5, 0.6) is 11.5 Å². The van der Waals surface area contributed by atoms with Crippen molar-refractivity contribution in [2.45, 2.75) is 0 Å². The van der Waals surface area contributed by atoms with Crippen molar-refractivity contribution >= 4 is 23.5 Å². The van der Waals surface area contributed by atoms with Gasteiger partial charge in [0.1, 0.15) is 5.75 Å². The van der Waals surface area contributed by atoms with Gasteiger partial charge in [0.15, 0.2) is 0 Å². The van der Waals surface area contributed by atoms with E-state index >= 15 is 0 Å². The summed E-state index contributed by atoms with van der Waals surface area (Å²) in [6, 6.07) is 20.4. The highest BCUT2D eigenvalue weighted by atomic mass is 16.6. The third-order valence-corrected chi connectivity index (χ3v) is 4.87. The van der Waals surface area contributed by atoms with Gasteiger partial charge in [-0.25, -0.2) is 5.43 Å². The quantitative estimate of drug-likeness (QED) is 0.221. The number of para-hydroxylation sites is 1. The van der Waals surface area contributed by atoms with E-state index in [1.54, 1.807) is 36.4 Å². The molecule has 0 saturated carbocycles. The van der Waals surface area contributed by atoms with Crippen molar-refractivity contribution in [3.63, 3.8) is 0 Å². The molecule has 0 bridgehead atoms. The molecule has 0 aliphatic carbocycles. The third kappa shape index (κ3) is 5.37. The number of carbonyl (C=O) groups is 1. The topological polar surface area (TPSA) is 142 Å². The summed E-state index contributed by atoms with van der Waals surface area (Å²) in [5.41, 5.74) is 3.37. The molecular weight excluding hydrogens is 454 g/mol. The molecule has 0 fully saturated rings. The second kappa shape index (κ2) is 10.1. The zero-order valence-corrected chi connectivity index (χ0v) is 18.0. The second-order valence-electron chi connectivity index (χ2n) is 7.14. The Balaban J connectivity index is 1.43. The van der Waals surface area contributed by atoms with Gasteiger partial charge in [-0.15, -0.1) is 0 Å². The number of nitrogens with one attached hydrogen (secondary N) is 1. The van der Waals surface area contributed by atoms with Crippen molar-refractivity contribution < 1.29 is 19.4 Å². The summed E-state index contributed by atoms with van der Waals surface area (Å²) in [5.74, 6) is -0.226. The number of benzene rings is 3. The van der Waals surface area contributed by atoms with E-state index in [9.17, 15) is 25.0 Å². The highest BCUT2D eigenvalue weighted by Crippen LogP contribution is 2.34. The van der Waals surface area contributed by atoms with Crippen LogP contribution in [0.1, 0.15) is 15.9 Å². The molecule has 0 aliphatic heterocycles. The number of hydrazone groups is 1. The van der Waals surface area contributed by atoms with E-state index < -0.39 is 21.2 Å². The number of amides is 1. The number of nitro groups is 2. The molecule has 1 aromatic heterocycles. The van der Waals surface area contributed by atoms with Gasteiger partial charge in [-0.1, -0.05) is 12.1 Å². The zero-order chi connectivity index (χ0) is 24.8. The number of nitro benzene ring substituents is 2. The van der Waals surface area contributed by atoms with Gasteiger partial charge in [-0.2, -0.15) is 5.10 Å². The van der Waals surface area contributed by atoms with Crippen molar-refractivity contribution in [1.29, 1.82) is 0 Å². The predicted octanol–water partition coefficient (Wildman–Crippen LogP) is 4.85. The Labute approximate surface area is 198 Å². The van der Waals surface area contributed by atoms with Gasteiger partial charge < -0.3 is 9.30 Å². The normalized spacial score (nSPS) is 10.7. The minimum Gasteiger partial charge on any atom is -0.450 e. The third-order valence-electron chi connectivity index (χ3n) is 4.87. The Morgan fingerprint density at radius 2 is 1.63 bits per heavy atom. The maximum atomic E-state index is 12.6. The number of nitrogens with zero attached hydrogens (tertiary/aromatic N) is 4. The molecule has 35 heavy (non-hydrogen) atoms. The van der Waals surface area contributed by atoms with Crippen molar-refractivity contribution in [2.24, 2.45) is 5.10 Å². The van der Waals surface area contributed by atoms with Gasteiger partial charge in [0.25, 0.3) is 11.6 Å². The van der Waals surface area contributed by atoms with Crippen LogP contribution in [0.3, 0.4) is 0 Å². The van der Waals surface area contributed by atoms with Crippen LogP contribution in [0.25, 0.3) is 5.69 Å². The number of carbonyl (C=O) groups excluding carboxylic acids is 1. The van der Waals surface area contributed by atoms with E-state index in [0.717, 1.165) is 12.1 Å². The largest absolute Gasteiger partial charge is 0.450 e. The summed E-state index contributed by atoms with van der Waals surface area (Å²) >= 11 is 0. The molecule has 11 heteroatoms. The van der Waals surface area contributed by atoms with Crippen LogP contribution in [0.2, 0.25) is 0 Å². The van der Waals surface area contributed by atoms with Gasteiger partial charge in [0.05, 0.1) is 33.4 Å². The molecular formula is C24H17N5O6. The summed E-state index contributed by atoms with van der Waals surface area (Å²) < 4.78 is 7.35. The fourth-order valence-electron chi connectivity index (χ4n) is 3.21. The van der Waals surface area contributed by atoms with Crippen LogP contribution in [-0.2, 0) is 0 Å². The number of rotatable bonds is 8. The molecule has 174 valence electrons. The van der Waals surface area contributed by atoms with E-state index in [1.165, 1.54) is 12.3 Å². The first-order valence-corrected chi connectivity index (χ1v) is 10.2. The van der Waals surface area contributed by atoms with Gasteiger partial charge in [0, 0.05) is 18.5 Å². The van der Waals surface area contributed by atoms with Crippen LogP contribution in [0.15, 0.2) is 96.4 Å². The van der Waals surface area contributed by atoms with Crippen LogP contribution < -0.4 is 10.2 Å². The summed E-state index contributed by atoms with van der Waals surface area (Å²) in [6.45, 7) is 0. The lowest BCUT2D eigenvalue weighted by Gasteiger charge is -2.09. The molecule has 0 saturated heterocycles. The molecule has 1 heterocycles. The van der Waals surface area contributed by atoms with Gasteiger partial charge in [0.2, 0.25) is 5.75 Å². The average molecular weight is 471 g/mol. The SMILES string of the molecule is O=C(N/N=C\c1ccc(Oc2ccc([N+](=O)[O-])cc2[N+](=O)[O-])cc1)c1ccccc1-n1cccc1. The first kappa shape index (κ1) is 22.9. The van der Waals surface area contributed by atoms with E-state index in [0.29, 0.717) is 16.8 Å². The molecule has 0 atom stereocenters. The molecule has 1 N–H and O–H groups in total. The zero-order valence-electron chi connectivity index (χ0n) is 18.0. The number of ether oxygens (including phenoxy) is 1. The lowest BCUT2D eigenvalue weighted by Crippen LogP contribution is -2.19. The van der Waals surface area contributed by atoms with Crippen LogP contribution in [0.4, 0.5) is 11.4 Å². The Morgan fingerprint density at radius 3 is 2.31 bits per heavy atom. The lowest BCUT2D eigenvalue weighted by atomic mass is 10.1. The minimum absolute atomic E-state index is 0.129. The maximum Gasteiger partial charge on any atom is 0.318 e. The fraction of sp³-hybridized carbons (Fsp3) is 0. The Kier molecular flexibility index (Phi) is 6.59. The first-order chi connectivity index (χ1) is 16.9. The smallest absolute Gasteiger partial charge is 0.318 e. The molecule has 3 aromatic carbocycles. The maximum absolute atomic E-state index is 12.6. The van der Waals surface area contributed by atoms with E-state index in [-0.39, 0.29) is 17.4 Å². The summed E-state index contributed by atoms with van der Waals surface area (Å²) in [7, 11) is 0. The van der Waals surface area contributed by atoms with Crippen molar-refractivity contribution in [3.05, 3.63) is 123 Å². The standard InChI is InChI=1S/C24H17N5O6/c30-24(20-5-1-2-6-21(20)27-13-3-4-14-27)26-25-16-17-7-10-19(11-8-17)35-23-12-9-18(28(31)32)15-22(23)29(33)34/h1-16H,(H,26,30)/b25-16-. The Morgan fingerprint density at radius 1 is 0.914 bits per heavy atom. The van der Waals surface area contributed by atoms with Gasteiger partial charge >= 0.3 is 5.69 Å². The summed E-state index contributed by atoms with van der Waals surface area (Å²) in [6.07, 6.45) is 5.11. The van der Waals surface area contributed by atoms with Crippen molar-refractivity contribution in [3.8, 4) is 17.2 Å². The molecule has 4 rings (SSSR count).